The zero-order valence-corrected chi connectivity index (χ0v) is 13.4. The summed E-state index contributed by atoms with van der Waals surface area (Å²) in [6.07, 6.45) is 4.80. The molecule has 18 heavy (non-hydrogen) atoms. The molecule has 1 aromatic heterocycles. The van der Waals surface area contributed by atoms with Gasteiger partial charge >= 0.3 is 0 Å². The van der Waals surface area contributed by atoms with Crippen molar-refractivity contribution in [3.05, 3.63) is 19.4 Å². The van der Waals surface area contributed by atoms with Crippen molar-refractivity contribution in [1.82, 2.24) is 5.32 Å². The normalized spacial score (nSPS) is 18.9. The second-order valence-electron chi connectivity index (χ2n) is 4.52. The van der Waals surface area contributed by atoms with Crippen molar-refractivity contribution in [3.63, 3.8) is 0 Å². The number of rotatable bonds is 7. The topological polar surface area (TPSA) is 41.5 Å². The molecule has 2 N–H and O–H groups in total. The molecule has 0 aromatic carbocycles. The van der Waals surface area contributed by atoms with Crippen LogP contribution >= 0.6 is 33.9 Å². The number of nitrogens with one attached hydrogen (secondary N) is 1. The van der Waals surface area contributed by atoms with E-state index < -0.39 is 0 Å². The van der Waals surface area contributed by atoms with Gasteiger partial charge in [-0.1, -0.05) is 0 Å². The van der Waals surface area contributed by atoms with E-state index in [-0.39, 0.29) is 6.61 Å². The number of ether oxygens (including phenoxy) is 1. The Hall–Kier alpha value is 0.310. The van der Waals surface area contributed by atoms with Crippen molar-refractivity contribution in [2.45, 2.75) is 31.7 Å². The molecule has 3 nitrogen and oxygen atoms in total. The Balaban J connectivity index is 1.74. The SMILES string of the molecule is OCCOCCCNC1CCCc2sc(I)cc21. The third-order valence-corrected chi connectivity index (χ3v) is 5.15. The Morgan fingerprint density at radius 2 is 2.39 bits per heavy atom. The molecule has 2 rings (SSSR count). The van der Waals surface area contributed by atoms with Gasteiger partial charge in [0.15, 0.2) is 0 Å². The largest absolute Gasteiger partial charge is 0.394 e. The van der Waals surface area contributed by atoms with Gasteiger partial charge in [-0.25, -0.2) is 0 Å². The lowest BCUT2D eigenvalue weighted by Crippen LogP contribution is -2.26. The van der Waals surface area contributed by atoms with Crippen molar-refractivity contribution in [2.75, 3.05) is 26.4 Å². The minimum atomic E-state index is 0.118. The van der Waals surface area contributed by atoms with Crippen LogP contribution < -0.4 is 5.32 Å². The molecule has 0 spiro atoms. The highest BCUT2D eigenvalue weighted by Crippen LogP contribution is 2.36. The van der Waals surface area contributed by atoms with E-state index in [0.717, 1.165) is 19.6 Å². The van der Waals surface area contributed by atoms with Crippen LogP contribution in [0.3, 0.4) is 0 Å². The summed E-state index contributed by atoms with van der Waals surface area (Å²) < 4.78 is 6.66. The number of fused-ring (bicyclic) bond motifs is 1. The van der Waals surface area contributed by atoms with Crippen LogP contribution in [0.2, 0.25) is 0 Å². The minimum absolute atomic E-state index is 0.118. The summed E-state index contributed by atoms with van der Waals surface area (Å²) in [7, 11) is 0. The first-order chi connectivity index (χ1) is 8.81. The molecule has 0 radical (unpaired) electrons. The summed E-state index contributed by atoms with van der Waals surface area (Å²) in [5.41, 5.74) is 1.52. The monoisotopic (exact) mass is 381 g/mol. The Labute approximate surface area is 126 Å². The molecular weight excluding hydrogens is 361 g/mol. The smallest absolute Gasteiger partial charge is 0.0697 e. The first kappa shape index (κ1) is 14.7. The highest BCUT2D eigenvalue weighted by Gasteiger charge is 2.21. The van der Waals surface area contributed by atoms with E-state index in [1.54, 1.807) is 4.88 Å². The van der Waals surface area contributed by atoms with Gasteiger partial charge in [0.1, 0.15) is 0 Å². The maximum Gasteiger partial charge on any atom is 0.0697 e. The van der Waals surface area contributed by atoms with Gasteiger partial charge in [0.25, 0.3) is 0 Å². The number of aliphatic hydroxyl groups is 1. The van der Waals surface area contributed by atoms with E-state index in [1.165, 1.54) is 27.7 Å². The standard InChI is InChI=1S/C13H20INO2S/c14-13-9-10-11(3-1-4-12(10)18-13)15-5-2-7-17-8-6-16/h9,11,15-16H,1-8H2. The fourth-order valence-electron chi connectivity index (χ4n) is 2.35. The third-order valence-electron chi connectivity index (χ3n) is 3.18. The highest BCUT2D eigenvalue weighted by atomic mass is 127. The van der Waals surface area contributed by atoms with Gasteiger partial charge < -0.3 is 15.2 Å². The second kappa shape index (κ2) is 7.79. The highest BCUT2D eigenvalue weighted by molar-refractivity contribution is 14.1. The number of hydrogen-bond donors (Lipinski definition) is 2. The van der Waals surface area contributed by atoms with Crippen LogP contribution in [-0.4, -0.2) is 31.5 Å². The predicted molar refractivity (Wildman–Crippen MR) is 83.2 cm³/mol. The Bertz CT molecular complexity index is 370. The van der Waals surface area contributed by atoms with Crippen molar-refractivity contribution >= 4 is 33.9 Å². The zero-order valence-electron chi connectivity index (χ0n) is 10.5. The fourth-order valence-corrected chi connectivity index (χ4v) is 4.47. The van der Waals surface area contributed by atoms with Gasteiger partial charge in [-0.3, -0.25) is 0 Å². The average molecular weight is 381 g/mol. The first-order valence-corrected chi connectivity index (χ1v) is 8.41. The van der Waals surface area contributed by atoms with Crippen molar-refractivity contribution in [3.8, 4) is 0 Å². The fraction of sp³-hybridized carbons (Fsp3) is 0.692. The summed E-state index contributed by atoms with van der Waals surface area (Å²) in [5.74, 6) is 0. The number of thiophene rings is 1. The number of hydrogen-bond acceptors (Lipinski definition) is 4. The van der Waals surface area contributed by atoms with Crippen molar-refractivity contribution in [1.29, 1.82) is 0 Å². The lowest BCUT2D eigenvalue weighted by Gasteiger charge is -2.23. The molecule has 0 aliphatic heterocycles. The van der Waals surface area contributed by atoms with Gasteiger partial charge in [-0.2, -0.15) is 0 Å². The molecule has 0 fully saturated rings. The van der Waals surface area contributed by atoms with Gasteiger partial charge in [0.2, 0.25) is 0 Å². The zero-order chi connectivity index (χ0) is 12.8. The molecule has 0 saturated carbocycles. The second-order valence-corrected chi connectivity index (χ2v) is 7.55. The molecule has 1 aliphatic carbocycles. The molecule has 1 aliphatic rings. The predicted octanol–water partition coefficient (Wildman–Crippen LogP) is 2.72. The molecule has 0 saturated heterocycles. The molecule has 1 unspecified atom stereocenters. The molecule has 5 heteroatoms. The summed E-state index contributed by atoms with van der Waals surface area (Å²) in [5, 5.41) is 12.2. The third kappa shape index (κ3) is 4.16. The maximum atomic E-state index is 8.60. The van der Waals surface area contributed by atoms with Crippen LogP contribution in [0.25, 0.3) is 0 Å². The van der Waals surface area contributed by atoms with Crippen LogP contribution in [-0.2, 0) is 11.2 Å². The molecular formula is C13H20INO2S. The first-order valence-electron chi connectivity index (χ1n) is 6.51. The Morgan fingerprint density at radius 1 is 1.50 bits per heavy atom. The number of halogens is 1. The molecule has 102 valence electrons. The van der Waals surface area contributed by atoms with E-state index in [9.17, 15) is 0 Å². The van der Waals surface area contributed by atoms with E-state index in [2.05, 4.69) is 34.0 Å². The van der Waals surface area contributed by atoms with E-state index >= 15 is 0 Å². The van der Waals surface area contributed by atoms with Gasteiger partial charge in [0, 0.05) is 17.5 Å². The van der Waals surface area contributed by atoms with Crippen molar-refractivity contribution in [2.24, 2.45) is 0 Å². The van der Waals surface area contributed by atoms with Crippen LogP contribution in [0.15, 0.2) is 6.07 Å². The molecule has 1 atom stereocenters. The van der Waals surface area contributed by atoms with Gasteiger partial charge in [0.05, 0.1) is 16.1 Å². The van der Waals surface area contributed by atoms with Crippen LogP contribution in [0.1, 0.15) is 35.7 Å². The average Bonchev–Trinajstić information content (AvgIpc) is 2.74. The van der Waals surface area contributed by atoms with Gasteiger partial charge in [-0.05, 0) is 66.4 Å². The Kier molecular flexibility index (Phi) is 6.37. The summed E-state index contributed by atoms with van der Waals surface area (Å²) in [6.45, 7) is 2.29. The number of aryl methyl sites for hydroxylation is 1. The lowest BCUT2D eigenvalue weighted by atomic mass is 9.94. The maximum absolute atomic E-state index is 8.60. The summed E-state index contributed by atoms with van der Waals surface area (Å²) in [4.78, 5) is 1.57. The van der Waals surface area contributed by atoms with E-state index in [1.807, 2.05) is 11.3 Å². The Morgan fingerprint density at radius 3 is 3.22 bits per heavy atom. The van der Waals surface area contributed by atoms with Crippen LogP contribution in [0, 0.1) is 2.88 Å². The number of aliphatic hydroxyl groups excluding tert-OH is 1. The van der Waals surface area contributed by atoms with Crippen LogP contribution in [0.4, 0.5) is 0 Å². The minimum Gasteiger partial charge on any atom is -0.394 e. The van der Waals surface area contributed by atoms with E-state index in [4.69, 9.17) is 9.84 Å². The summed E-state index contributed by atoms with van der Waals surface area (Å²) >= 11 is 4.36. The molecule has 1 heterocycles. The molecule has 1 aromatic rings. The summed E-state index contributed by atoms with van der Waals surface area (Å²) in [6, 6.07) is 2.87. The van der Waals surface area contributed by atoms with Gasteiger partial charge in [-0.15, -0.1) is 11.3 Å². The van der Waals surface area contributed by atoms with Crippen molar-refractivity contribution < 1.29 is 9.84 Å². The lowest BCUT2D eigenvalue weighted by molar-refractivity contribution is 0.0903. The molecule has 0 amide bonds. The quantitative estimate of drug-likeness (QED) is 0.564. The van der Waals surface area contributed by atoms with Crippen LogP contribution in [0.5, 0.6) is 0 Å². The molecule has 0 bridgehead atoms. The van der Waals surface area contributed by atoms with E-state index in [0.29, 0.717) is 12.6 Å².